The smallest absolute Gasteiger partial charge is 0.243 e. The molecule has 1 aromatic carbocycles. The van der Waals surface area contributed by atoms with Crippen molar-refractivity contribution in [1.29, 1.82) is 0 Å². The molecule has 192 valence electrons. The minimum atomic E-state index is -3.80. The third-order valence-corrected chi connectivity index (χ3v) is 14.1. The molecule has 8 nitrogen and oxygen atoms in total. The van der Waals surface area contributed by atoms with Crippen molar-refractivity contribution in [3.05, 3.63) is 22.7 Å². The van der Waals surface area contributed by atoms with Crippen LogP contribution in [-0.2, 0) is 24.0 Å². The molecule has 0 saturated carbocycles. The first-order chi connectivity index (χ1) is 15.7. The summed E-state index contributed by atoms with van der Waals surface area (Å²) in [5.74, 6) is -0.213. The second kappa shape index (κ2) is 10.6. The average molecular weight is 577 g/mol. The first kappa shape index (κ1) is 27.6. The van der Waals surface area contributed by atoms with Gasteiger partial charge in [-0.3, -0.25) is 4.79 Å². The lowest BCUT2D eigenvalue weighted by Gasteiger charge is -2.38. The zero-order chi connectivity index (χ0) is 25.3. The number of ether oxygens (including phenoxy) is 1. The van der Waals surface area contributed by atoms with E-state index < -0.39 is 18.3 Å². The second-order valence-corrected chi connectivity index (χ2v) is 18.3. The summed E-state index contributed by atoms with van der Waals surface area (Å²) in [4.78, 5) is 16.6. The van der Waals surface area contributed by atoms with Gasteiger partial charge in [-0.15, -0.1) is 0 Å². The SMILES string of the molecule is CN(CC(=O)N1CCOCC1)S(=O)(=O)c1ccc(N2CCC(O[Si](C)(C)C(C)(C)C)C2)c(Br)c1. The van der Waals surface area contributed by atoms with Crippen LogP contribution < -0.4 is 4.90 Å². The van der Waals surface area contributed by atoms with Crippen LogP contribution in [0.1, 0.15) is 27.2 Å². The molecular formula is C23H38BrN3O5SSi. The molecule has 34 heavy (non-hydrogen) atoms. The zero-order valence-electron chi connectivity index (χ0n) is 21.1. The van der Waals surface area contributed by atoms with E-state index in [0.29, 0.717) is 26.3 Å². The van der Waals surface area contributed by atoms with Gasteiger partial charge in [0, 0.05) is 37.7 Å². The molecular weight excluding hydrogens is 538 g/mol. The number of benzene rings is 1. The minimum absolute atomic E-state index is 0.159. The highest BCUT2D eigenvalue weighted by atomic mass is 79.9. The quantitative estimate of drug-likeness (QED) is 0.463. The summed E-state index contributed by atoms with van der Waals surface area (Å²) in [5.41, 5.74) is 0.951. The van der Waals surface area contributed by atoms with Crippen LogP contribution in [0.4, 0.5) is 5.69 Å². The van der Waals surface area contributed by atoms with Crippen LogP contribution in [0.5, 0.6) is 0 Å². The molecule has 3 rings (SSSR count). The van der Waals surface area contributed by atoms with E-state index in [0.717, 1.165) is 34.0 Å². The first-order valence-corrected chi connectivity index (χ1v) is 16.9. The number of rotatable bonds is 7. The summed E-state index contributed by atoms with van der Waals surface area (Å²) in [6.45, 7) is 14.7. The van der Waals surface area contributed by atoms with Crippen LogP contribution in [0.15, 0.2) is 27.6 Å². The predicted molar refractivity (Wildman–Crippen MR) is 140 cm³/mol. The number of likely N-dealkylation sites (N-methyl/N-ethyl adjacent to an activating group) is 1. The molecule has 2 aliphatic rings. The van der Waals surface area contributed by atoms with Crippen LogP contribution in [0, 0.1) is 0 Å². The summed E-state index contributed by atoms with van der Waals surface area (Å²) in [7, 11) is -4.20. The largest absolute Gasteiger partial charge is 0.412 e. The number of carbonyl (C=O) groups is 1. The Morgan fingerprint density at radius 3 is 2.47 bits per heavy atom. The third-order valence-electron chi connectivity index (χ3n) is 7.10. The van der Waals surface area contributed by atoms with E-state index in [1.54, 1.807) is 17.0 Å². The number of hydrogen-bond donors (Lipinski definition) is 0. The molecule has 2 saturated heterocycles. The average Bonchev–Trinajstić information content (AvgIpc) is 3.20. The van der Waals surface area contributed by atoms with E-state index in [9.17, 15) is 13.2 Å². The van der Waals surface area contributed by atoms with Crippen molar-refractivity contribution in [2.75, 3.05) is 57.9 Å². The number of amides is 1. The van der Waals surface area contributed by atoms with Crippen LogP contribution >= 0.6 is 15.9 Å². The summed E-state index contributed by atoms with van der Waals surface area (Å²) >= 11 is 3.58. The molecule has 1 aromatic rings. The fraction of sp³-hybridized carbons (Fsp3) is 0.696. The molecule has 0 bridgehead atoms. The molecule has 0 aromatic heterocycles. The standard InChI is InChI=1S/C23H38BrN3O5SSi/c1-23(2,3)34(5,6)32-18-9-10-27(16-18)21-8-7-19(15-20(21)24)33(29,30)25(4)17-22(28)26-11-13-31-14-12-26/h7-8,15,18H,9-14,16-17H2,1-6H3. The van der Waals surface area contributed by atoms with Crippen LogP contribution in [0.2, 0.25) is 18.1 Å². The Hall–Kier alpha value is -0.983. The molecule has 0 radical (unpaired) electrons. The van der Waals surface area contributed by atoms with Crippen molar-refractivity contribution in [2.24, 2.45) is 0 Å². The molecule has 1 unspecified atom stereocenters. The monoisotopic (exact) mass is 575 g/mol. The van der Waals surface area contributed by atoms with Crippen molar-refractivity contribution in [2.45, 2.75) is 56.3 Å². The van der Waals surface area contributed by atoms with Crippen molar-refractivity contribution < 1.29 is 22.4 Å². The highest BCUT2D eigenvalue weighted by Gasteiger charge is 2.40. The number of anilines is 1. The summed E-state index contributed by atoms with van der Waals surface area (Å²) < 4.78 is 39.9. The minimum Gasteiger partial charge on any atom is -0.412 e. The maximum Gasteiger partial charge on any atom is 0.243 e. The van der Waals surface area contributed by atoms with Gasteiger partial charge >= 0.3 is 0 Å². The maximum absolute atomic E-state index is 13.1. The number of carbonyl (C=O) groups excluding carboxylic acids is 1. The van der Waals surface area contributed by atoms with Crippen molar-refractivity contribution >= 4 is 45.9 Å². The van der Waals surface area contributed by atoms with Gasteiger partial charge in [0.2, 0.25) is 15.9 Å². The van der Waals surface area contributed by atoms with Crippen LogP contribution in [0.25, 0.3) is 0 Å². The lowest BCUT2D eigenvalue weighted by molar-refractivity contribution is -0.135. The van der Waals surface area contributed by atoms with E-state index >= 15 is 0 Å². The van der Waals surface area contributed by atoms with Crippen LogP contribution in [0.3, 0.4) is 0 Å². The maximum atomic E-state index is 13.1. The van der Waals surface area contributed by atoms with Gasteiger partial charge in [0.05, 0.1) is 36.4 Å². The number of sulfonamides is 1. The molecule has 0 aliphatic carbocycles. The Kier molecular flexibility index (Phi) is 8.57. The van der Waals surface area contributed by atoms with Crippen molar-refractivity contribution in [3.63, 3.8) is 0 Å². The number of nitrogens with zero attached hydrogens (tertiary/aromatic N) is 3. The first-order valence-electron chi connectivity index (χ1n) is 11.8. The van der Waals surface area contributed by atoms with Gasteiger partial charge in [0.15, 0.2) is 8.32 Å². The van der Waals surface area contributed by atoms with Gasteiger partial charge in [0.25, 0.3) is 0 Å². The highest BCUT2D eigenvalue weighted by Crippen LogP contribution is 2.39. The summed E-state index contributed by atoms with van der Waals surface area (Å²) in [5, 5.41) is 0.159. The Morgan fingerprint density at radius 2 is 1.88 bits per heavy atom. The topological polar surface area (TPSA) is 79.4 Å². The van der Waals surface area contributed by atoms with Gasteiger partial charge in [-0.25, -0.2) is 8.42 Å². The van der Waals surface area contributed by atoms with E-state index in [4.69, 9.17) is 9.16 Å². The fourth-order valence-corrected chi connectivity index (χ4v) is 7.22. The van der Waals surface area contributed by atoms with E-state index in [1.807, 2.05) is 6.07 Å². The van der Waals surface area contributed by atoms with E-state index in [-0.39, 0.29) is 28.5 Å². The molecule has 1 amide bonds. The van der Waals surface area contributed by atoms with Gasteiger partial charge in [0.1, 0.15) is 0 Å². The Morgan fingerprint density at radius 1 is 1.24 bits per heavy atom. The number of morpholine rings is 1. The van der Waals surface area contributed by atoms with Crippen molar-refractivity contribution in [1.82, 2.24) is 9.21 Å². The Labute approximate surface area is 213 Å². The van der Waals surface area contributed by atoms with Gasteiger partial charge in [-0.05, 0) is 58.7 Å². The fourth-order valence-electron chi connectivity index (χ4n) is 3.91. The van der Waals surface area contributed by atoms with Crippen molar-refractivity contribution in [3.8, 4) is 0 Å². The highest BCUT2D eigenvalue weighted by molar-refractivity contribution is 9.10. The summed E-state index contributed by atoms with van der Waals surface area (Å²) in [6, 6.07) is 5.08. The molecule has 1 atom stereocenters. The molecule has 0 spiro atoms. The van der Waals surface area contributed by atoms with Gasteiger partial charge in [-0.2, -0.15) is 4.31 Å². The van der Waals surface area contributed by atoms with Gasteiger partial charge in [-0.1, -0.05) is 20.8 Å². The number of hydrogen-bond acceptors (Lipinski definition) is 6. The molecule has 2 heterocycles. The molecule has 2 fully saturated rings. The number of halogens is 1. The van der Waals surface area contributed by atoms with Crippen LogP contribution in [-0.4, -0.2) is 90.9 Å². The lowest BCUT2D eigenvalue weighted by Crippen LogP contribution is -2.46. The molecule has 0 N–H and O–H groups in total. The molecule has 2 aliphatic heterocycles. The van der Waals surface area contributed by atoms with E-state index in [1.165, 1.54) is 7.05 Å². The normalized spacial score (nSPS) is 20.3. The Balaban J connectivity index is 1.66. The lowest BCUT2D eigenvalue weighted by atomic mass is 10.2. The molecule has 11 heteroatoms. The summed E-state index contributed by atoms with van der Waals surface area (Å²) in [6.07, 6.45) is 1.12. The Bertz CT molecular complexity index is 993. The third kappa shape index (κ3) is 6.22. The zero-order valence-corrected chi connectivity index (χ0v) is 24.5. The van der Waals surface area contributed by atoms with Gasteiger partial charge < -0.3 is 19.0 Å². The van der Waals surface area contributed by atoms with E-state index in [2.05, 4.69) is 54.7 Å². The predicted octanol–water partition coefficient (Wildman–Crippen LogP) is 3.53. The second-order valence-electron chi connectivity index (χ2n) is 10.6.